The van der Waals surface area contributed by atoms with E-state index < -0.39 is 5.97 Å². The Balaban J connectivity index is 2.16. The number of halogens is 1. The largest absolute Gasteiger partial charge is 0.465 e. The molecule has 0 saturated heterocycles. The summed E-state index contributed by atoms with van der Waals surface area (Å²) in [6.07, 6.45) is 0. The van der Waals surface area contributed by atoms with E-state index in [2.05, 4.69) is 10.6 Å². The van der Waals surface area contributed by atoms with Gasteiger partial charge in [0.2, 0.25) is 0 Å². The number of methoxy groups -OCH3 is 1. The van der Waals surface area contributed by atoms with Gasteiger partial charge in [0.05, 0.1) is 12.7 Å². The summed E-state index contributed by atoms with van der Waals surface area (Å²) in [5.74, 6) is -0.395. The molecule has 0 unspecified atom stereocenters. The molecule has 0 atom stereocenters. The number of benzene rings is 1. The lowest BCUT2D eigenvalue weighted by molar-refractivity contribution is 0.0602. The van der Waals surface area contributed by atoms with Crippen LogP contribution in [0.1, 0.15) is 20.8 Å². The highest BCUT2D eigenvalue weighted by molar-refractivity contribution is 7.80. The first kappa shape index (κ1) is 16.7. The summed E-state index contributed by atoms with van der Waals surface area (Å²) in [6.45, 7) is 3.82. The number of hydrogen-bond donors (Lipinski definition) is 2. The molecular weight excluding hydrogens is 340 g/mol. The molecule has 22 heavy (non-hydrogen) atoms. The van der Waals surface area contributed by atoms with Crippen LogP contribution in [0.25, 0.3) is 0 Å². The fourth-order valence-corrected chi connectivity index (χ4v) is 3.22. The Hall–Kier alpha value is -1.63. The van der Waals surface area contributed by atoms with E-state index in [9.17, 15) is 4.79 Å². The Labute approximate surface area is 143 Å². The van der Waals surface area contributed by atoms with Crippen LogP contribution in [0.5, 0.6) is 0 Å². The van der Waals surface area contributed by atoms with Crippen molar-refractivity contribution >= 4 is 56.9 Å². The molecule has 0 aliphatic rings. The molecule has 116 valence electrons. The van der Waals surface area contributed by atoms with Gasteiger partial charge in [0.1, 0.15) is 5.00 Å². The van der Waals surface area contributed by atoms with Gasteiger partial charge in [-0.25, -0.2) is 4.79 Å². The quantitative estimate of drug-likeness (QED) is 0.622. The van der Waals surface area contributed by atoms with Gasteiger partial charge in [-0.1, -0.05) is 17.7 Å². The summed E-state index contributed by atoms with van der Waals surface area (Å²) in [5, 5.41) is 7.82. The molecule has 1 aromatic heterocycles. The Bertz CT molecular complexity index is 728. The van der Waals surface area contributed by atoms with Gasteiger partial charge in [-0.05, 0) is 49.8 Å². The molecule has 2 rings (SSSR count). The van der Waals surface area contributed by atoms with Gasteiger partial charge in [0.15, 0.2) is 5.11 Å². The van der Waals surface area contributed by atoms with Crippen molar-refractivity contribution in [1.29, 1.82) is 0 Å². The molecular formula is C15H15ClN2O2S2. The predicted octanol–water partition coefficient (Wildman–Crippen LogP) is 4.61. The van der Waals surface area contributed by atoms with Gasteiger partial charge in [-0.3, -0.25) is 0 Å². The molecule has 0 spiro atoms. The average Bonchev–Trinajstić information content (AvgIpc) is 2.83. The lowest BCUT2D eigenvalue weighted by Crippen LogP contribution is -2.20. The summed E-state index contributed by atoms with van der Waals surface area (Å²) in [7, 11) is 1.35. The highest BCUT2D eigenvalue weighted by Gasteiger charge is 2.16. The van der Waals surface area contributed by atoms with E-state index in [0.717, 1.165) is 16.1 Å². The lowest BCUT2D eigenvalue weighted by atomic mass is 10.2. The lowest BCUT2D eigenvalue weighted by Gasteiger charge is -2.13. The number of anilines is 2. The van der Waals surface area contributed by atoms with Crippen molar-refractivity contribution in [2.45, 2.75) is 13.8 Å². The van der Waals surface area contributed by atoms with Crippen LogP contribution in [0.2, 0.25) is 5.02 Å². The molecule has 0 bridgehead atoms. The minimum absolute atomic E-state index is 0.386. The first-order valence-corrected chi connectivity index (χ1v) is 8.04. The zero-order valence-corrected chi connectivity index (χ0v) is 14.7. The number of carbonyl (C=O) groups excluding carboxylic acids is 1. The van der Waals surface area contributed by atoms with Crippen LogP contribution in [-0.2, 0) is 4.74 Å². The van der Waals surface area contributed by atoms with Gasteiger partial charge < -0.3 is 15.4 Å². The number of aryl methyl sites for hydroxylation is 1. The smallest absolute Gasteiger partial charge is 0.340 e. The normalized spacial score (nSPS) is 10.2. The average molecular weight is 355 g/mol. The molecule has 1 aromatic carbocycles. The van der Waals surface area contributed by atoms with Crippen LogP contribution < -0.4 is 10.6 Å². The van der Waals surface area contributed by atoms with Crippen LogP contribution in [0.15, 0.2) is 24.3 Å². The van der Waals surface area contributed by atoms with Crippen LogP contribution in [0.3, 0.4) is 0 Å². The number of nitrogens with one attached hydrogen (secondary N) is 2. The predicted molar refractivity (Wildman–Crippen MR) is 96.4 cm³/mol. The molecule has 0 fully saturated rings. The number of thiocarbonyl (C=S) groups is 1. The van der Waals surface area contributed by atoms with E-state index >= 15 is 0 Å². The van der Waals surface area contributed by atoms with E-state index in [4.69, 9.17) is 28.6 Å². The Morgan fingerprint density at radius 2 is 2.05 bits per heavy atom. The number of rotatable bonds is 3. The van der Waals surface area contributed by atoms with Gasteiger partial charge in [-0.2, -0.15) is 0 Å². The summed E-state index contributed by atoms with van der Waals surface area (Å²) in [5.41, 5.74) is 2.19. The van der Waals surface area contributed by atoms with Crippen LogP contribution in [0.4, 0.5) is 10.7 Å². The molecule has 2 aromatic rings. The number of esters is 1. The summed E-state index contributed by atoms with van der Waals surface area (Å²) in [6, 6.07) is 7.31. The highest BCUT2D eigenvalue weighted by Crippen LogP contribution is 2.29. The Morgan fingerprint density at radius 1 is 1.32 bits per heavy atom. The van der Waals surface area contributed by atoms with Crippen molar-refractivity contribution in [2.24, 2.45) is 0 Å². The molecule has 4 nitrogen and oxygen atoms in total. The number of hydrogen-bond acceptors (Lipinski definition) is 4. The topological polar surface area (TPSA) is 50.4 Å². The zero-order valence-electron chi connectivity index (χ0n) is 12.3. The van der Waals surface area contributed by atoms with Gasteiger partial charge in [-0.15, -0.1) is 11.3 Å². The molecule has 7 heteroatoms. The van der Waals surface area contributed by atoms with Crippen molar-refractivity contribution in [3.63, 3.8) is 0 Å². The van der Waals surface area contributed by atoms with Crippen LogP contribution >= 0.6 is 35.2 Å². The third-order valence-corrected chi connectivity index (χ3v) is 4.58. The minimum Gasteiger partial charge on any atom is -0.465 e. The molecule has 0 aliphatic carbocycles. The standard InChI is InChI=1S/C15H15ClN2O2S2/c1-8-7-10(14(19)20-3)13(22-8)18-15(21)17-12-6-4-5-11(16)9(12)2/h4-7H,1-3H3,(H2,17,18,21). The highest BCUT2D eigenvalue weighted by atomic mass is 35.5. The summed E-state index contributed by atoms with van der Waals surface area (Å²) < 4.78 is 4.77. The monoisotopic (exact) mass is 354 g/mol. The fraction of sp³-hybridized carbons (Fsp3) is 0.200. The Kier molecular flexibility index (Phi) is 5.39. The van der Waals surface area contributed by atoms with Crippen LogP contribution in [0, 0.1) is 13.8 Å². The van der Waals surface area contributed by atoms with Crippen molar-refractivity contribution in [1.82, 2.24) is 0 Å². The van der Waals surface area contributed by atoms with Crippen molar-refractivity contribution < 1.29 is 9.53 Å². The maximum Gasteiger partial charge on any atom is 0.340 e. The second-order valence-corrected chi connectivity index (χ2v) is 6.65. The first-order chi connectivity index (χ1) is 10.4. The van der Waals surface area contributed by atoms with Gasteiger partial charge in [0, 0.05) is 15.6 Å². The van der Waals surface area contributed by atoms with E-state index in [1.165, 1.54) is 18.4 Å². The number of thiophene rings is 1. The molecule has 0 aliphatic heterocycles. The molecule has 2 N–H and O–H groups in total. The number of carbonyl (C=O) groups is 1. The van der Waals surface area contributed by atoms with Crippen molar-refractivity contribution in [2.75, 3.05) is 17.7 Å². The second-order valence-electron chi connectivity index (χ2n) is 4.58. The third-order valence-electron chi connectivity index (χ3n) is 3.00. The second kappa shape index (κ2) is 7.09. The van der Waals surface area contributed by atoms with Crippen molar-refractivity contribution in [3.05, 3.63) is 45.3 Å². The minimum atomic E-state index is -0.395. The molecule has 0 radical (unpaired) electrons. The molecule has 1 heterocycles. The molecule has 0 saturated carbocycles. The maximum absolute atomic E-state index is 11.7. The third kappa shape index (κ3) is 3.76. The number of ether oxygens (including phenoxy) is 1. The zero-order chi connectivity index (χ0) is 16.3. The van der Waals surface area contributed by atoms with E-state index in [1.54, 1.807) is 6.07 Å². The molecule has 0 amide bonds. The first-order valence-electron chi connectivity index (χ1n) is 6.44. The SMILES string of the molecule is COC(=O)c1cc(C)sc1NC(=S)Nc1cccc(Cl)c1C. The van der Waals surface area contributed by atoms with E-state index in [1.807, 2.05) is 32.0 Å². The fourth-order valence-electron chi connectivity index (χ4n) is 1.87. The maximum atomic E-state index is 11.7. The van der Waals surface area contributed by atoms with E-state index in [-0.39, 0.29) is 0 Å². The van der Waals surface area contributed by atoms with Gasteiger partial charge >= 0.3 is 5.97 Å². The summed E-state index contributed by atoms with van der Waals surface area (Å²) >= 11 is 12.8. The van der Waals surface area contributed by atoms with E-state index in [0.29, 0.717) is 20.7 Å². The van der Waals surface area contributed by atoms with Gasteiger partial charge in [0.25, 0.3) is 0 Å². The van der Waals surface area contributed by atoms with Crippen molar-refractivity contribution in [3.8, 4) is 0 Å². The summed E-state index contributed by atoms with van der Waals surface area (Å²) in [4.78, 5) is 12.7. The Morgan fingerprint density at radius 3 is 2.73 bits per heavy atom. The van der Waals surface area contributed by atoms with Crippen LogP contribution in [-0.4, -0.2) is 18.2 Å².